The van der Waals surface area contributed by atoms with Crippen LogP contribution in [0.1, 0.15) is 0 Å². The van der Waals surface area contributed by atoms with Crippen LogP contribution in [0.3, 0.4) is 0 Å². The summed E-state index contributed by atoms with van der Waals surface area (Å²) in [5, 5.41) is -0.245. The molecule has 94 valence electrons. The van der Waals surface area contributed by atoms with Crippen LogP contribution in [0.25, 0.3) is 11.4 Å². The third-order valence-electron chi connectivity index (χ3n) is 2.05. The highest BCUT2D eigenvalue weighted by Crippen LogP contribution is 2.16. The van der Waals surface area contributed by atoms with Gasteiger partial charge >= 0.3 is 0 Å². The predicted molar refractivity (Wildman–Crippen MR) is 61.8 cm³/mol. The molecular weight excluding hydrogens is 276 g/mol. The maximum absolute atomic E-state index is 10.8. The largest absolute Gasteiger partial charge is 0.767 e. The van der Waals surface area contributed by atoms with Gasteiger partial charge in [-0.25, -0.2) is 9.97 Å². The van der Waals surface area contributed by atoms with Crippen molar-refractivity contribution in [2.75, 3.05) is 0 Å². The number of rotatable bonds is 3. The molecule has 2 aromatic heterocycles. The van der Waals surface area contributed by atoms with E-state index >= 15 is 0 Å². The zero-order chi connectivity index (χ0) is 13.1. The molecule has 0 saturated carbocycles. The lowest BCUT2D eigenvalue weighted by atomic mass is 10.2. The summed E-state index contributed by atoms with van der Waals surface area (Å²) < 4.78 is 43.1. The Morgan fingerprint density at radius 1 is 0.778 bits per heavy atom. The van der Waals surface area contributed by atoms with Crippen LogP contribution in [0.2, 0.25) is 0 Å². The zero-order valence-corrected chi connectivity index (χ0v) is 10.4. The number of hydrogen-bond acceptors (Lipinski definition) is 6. The van der Waals surface area contributed by atoms with Crippen molar-refractivity contribution in [1.29, 1.82) is 0 Å². The van der Waals surface area contributed by atoms with Gasteiger partial charge in [-0.2, -0.15) is 0 Å². The highest BCUT2D eigenvalue weighted by Gasteiger charge is 2.04. The van der Waals surface area contributed by atoms with Gasteiger partial charge in [-0.3, -0.25) is 8.42 Å². The highest BCUT2D eigenvalue weighted by atomic mass is 32.2. The molecule has 0 aliphatic carbocycles. The minimum Gasteiger partial charge on any atom is -0.767 e. The second-order valence-corrected chi connectivity index (χ2v) is 4.97. The Morgan fingerprint density at radius 3 is 1.50 bits per heavy atom. The second kappa shape index (κ2) is 5.44. The van der Waals surface area contributed by atoms with Crippen molar-refractivity contribution in [1.82, 2.24) is 9.97 Å². The standard InChI is InChI=1S/C10H8N2O4S2/c13-17(14)9-5-1-3-7(11-9)8-4-2-6-10(12-8)18(15)16/h1-6H,(H,13,14)(H,15,16)/p-2. The summed E-state index contributed by atoms with van der Waals surface area (Å²) in [7, 11) is 0. The van der Waals surface area contributed by atoms with E-state index in [0.29, 0.717) is 11.4 Å². The molecule has 0 aliphatic rings. The van der Waals surface area contributed by atoms with Gasteiger partial charge in [0.2, 0.25) is 0 Å². The lowest BCUT2D eigenvalue weighted by molar-refractivity contribution is 0.531. The van der Waals surface area contributed by atoms with Gasteiger partial charge < -0.3 is 9.11 Å². The van der Waals surface area contributed by atoms with Gasteiger partial charge in [-0.1, -0.05) is 12.1 Å². The third-order valence-corrected chi connectivity index (χ3v) is 3.19. The van der Waals surface area contributed by atoms with Crippen molar-refractivity contribution in [3.8, 4) is 11.4 Å². The monoisotopic (exact) mass is 282 g/mol. The summed E-state index contributed by atoms with van der Waals surface area (Å²) in [5.74, 6) is 0. The molecule has 0 radical (unpaired) electrons. The molecule has 18 heavy (non-hydrogen) atoms. The van der Waals surface area contributed by atoms with Crippen molar-refractivity contribution < 1.29 is 17.5 Å². The van der Waals surface area contributed by atoms with E-state index in [1.54, 1.807) is 12.1 Å². The molecule has 0 amide bonds. The van der Waals surface area contributed by atoms with E-state index in [1.165, 1.54) is 24.3 Å². The molecule has 0 N–H and O–H groups in total. The topological polar surface area (TPSA) is 106 Å². The smallest absolute Gasteiger partial charge is 0.114 e. The molecule has 2 rings (SSSR count). The first-order valence-corrected chi connectivity index (χ1v) is 6.86. The molecule has 2 atom stereocenters. The lowest BCUT2D eigenvalue weighted by Crippen LogP contribution is -1.98. The first-order chi connectivity index (χ1) is 8.58. The molecule has 0 fully saturated rings. The summed E-state index contributed by atoms with van der Waals surface area (Å²) in [6, 6.07) is 8.79. The molecule has 0 aliphatic heterocycles. The third kappa shape index (κ3) is 2.85. The van der Waals surface area contributed by atoms with Crippen LogP contribution >= 0.6 is 0 Å². The average Bonchev–Trinajstić information content (AvgIpc) is 2.39. The van der Waals surface area contributed by atoms with Crippen LogP contribution in [0.4, 0.5) is 0 Å². The van der Waals surface area contributed by atoms with E-state index in [4.69, 9.17) is 0 Å². The molecule has 0 spiro atoms. The first-order valence-electron chi connectivity index (χ1n) is 4.71. The van der Waals surface area contributed by atoms with E-state index in [0.717, 1.165) is 0 Å². The summed E-state index contributed by atoms with van der Waals surface area (Å²) in [5.41, 5.74) is 0.591. The first kappa shape index (κ1) is 13.0. The fourth-order valence-corrected chi connectivity index (χ4v) is 2.03. The second-order valence-electron chi connectivity index (χ2n) is 3.19. The Labute approximate surface area is 108 Å². The average molecular weight is 282 g/mol. The molecule has 2 heterocycles. The van der Waals surface area contributed by atoms with Crippen LogP contribution < -0.4 is 0 Å². The van der Waals surface area contributed by atoms with Crippen molar-refractivity contribution in [3.05, 3.63) is 36.4 Å². The van der Waals surface area contributed by atoms with Crippen LogP contribution in [-0.4, -0.2) is 27.5 Å². The van der Waals surface area contributed by atoms with E-state index in [-0.39, 0.29) is 10.1 Å². The van der Waals surface area contributed by atoms with Gasteiger partial charge in [-0.05, 0) is 46.4 Å². The molecular formula is C10H6N2O4S2-2. The van der Waals surface area contributed by atoms with Crippen molar-refractivity contribution in [2.45, 2.75) is 10.1 Å². The highest BCUT2D eigenvalue weighted by molar-refractivity contribution is 7.79. The van der Waals surface area contributed by atoms with Gasteiger partial charge in [0.15, 0.2) is 0 Å². The SMILES string of the molecule is O=S([O-])c1cccc(-c2cccc(S(=O)[O-])n2)n1. The van der Waals surface area contributed by atoms with Crippen molar-refractivity contribution in [2.24, 2.45) is 0 Å². The van der Waals surface area contributed by atoms with Crippen LogP contribution in [-0.2, 0) is 22.2 Å². The van der Waals surface area contributed by atoms with Gasteiger partial charge in [0.1, 0.15) is 10.1 Å². The number of pyridine rings is 2. The van der Waals surface area contributed by atoms with Gasteiger partial charge in [0.25, 0.3) is 0 Å². The molecule has 8 heteroatoms. The van der Waals surface area contributed by atoms with Crippen LogP contribution in [0.5, 0.6) is 0 Å². The Morgan fingerprint density at radius 2 is 1.17 bits per heavy atom. The maximum Gasteiger partial charge on any atom is 0.114 e. The summed E-state index contributed by atoms with van der Waals surface area (Å²) in [4.78, 5) is 7.73. The molecule has 2 aromatic rings. The normalized spacial score (nSPS) is 14.1. The van der Waals surface area contributed by atoms with Crippen LogP contribution in [0, 0.1) is 0 Å². The summed E-state index contributed by atoms with van der Waals surface area (Å²) >= 11 is -4.88. The summed E-state index contributed by atoms with van der Waals surface area (Å²) in [6.07, 6.45) is 0. The Kier molecular flexibility index (Phi) is 3.92. The van der Waals surface area contributed by atoms with Crippen molar-refractivity contribution >= 4 is 22.2 Å². The van der Waals surface area contributed by atoms with Gasteiger partial charge in [0.05, 0.1) is 11.4 Å². The Balaban J connectivity index is 2.48. The van der Waals surface area contributed by atoms with Crippen LogP contribution in [0.15, 0.2) is 46.5 Å². The maximum atomic E-state index is 10.8. The predicted octanol–water partition coefficient (Wildman–Crippen LogP) is 0.620. The zero-order valence-electron chi connectivity index (χ0n) is 8.81. The van der Waals surface area contributed by atoms with Crippen molar-refractivity contribution in [3.63, 3.8) is 0 Å². The molecule has 2 unspecified atom stereocenters. The Hall–Kier alpha value is -1.48. The van der Waals surface area contributed by atoms with Gasteiger partial charge in [-0.15, -0.1) is 0 Å². The molecule has 0 aromatic carbocycles. The number of aromatic nitrogens is 2. The lowest BCUT2D eigenvalue weighted by Gasteiger charge is -2.08. The minimum atomic E-state index is -2.44. The quantitative estimate of drug-likeness (QED) is 0.764. The van der Waals surface area contributed by atoms with E-state index < -0.39 is 22.2 Å². The van der Waals surface area contributed by atoms with E-state index in [2.05, 4.69) is 9.97 Å². The fraction of sp³-hybridized carbons (Fsp3) is 0. The van der Waals surface area contributed by atoms with E-state index in [9.17, 15) is 17.5 Å². The number of hydrogen-bond donors (Lipinski definition) is 0. The number of nitrogens with zero attached hydrogens (tertiary/aromatic N) is 2. The summed E-state index contributed by atoms with van der Waals surface area (Å²) in [6.45, 7) is 0. The van der Waals surface area contributed by atoms with E-state index in [1.807, 2.05) is 0 Å². The molecule has 6 nitrogen and oxygen atoms in total. The molecule has 0 saturated heterocycles. The minimum absolute atomic E-state index is 0.122. The van der Waals surface area contributed by atoms with Gasteiger partial charge in [0, 0.05) is 0 Å². The fourth-order valence-electron chi connectivity index (χ4n) is 1.30. The Bertz CT molecular complexity index is 577. The molecule has 0 bridgehead atoms.